The van der Waals surface area contributed by atoms with E-state index < -0.39 is 24.4 Å². The fourth-order valence-electron chi connectivity index (χ4n) is 4.14. The van der Waals surface area contributed by atoms with Gasteiger partial charge in [0.15, 0.2) is 0 Å². The van der Waals surface area contributed by atoms with E-state index in [0.717, 1.165) is 25.7 Å². The molecule has 1 aliphatic rings. The van der Waals surface area contributed by atoms with Crippen molar-refractivity contribution in [1.29, 1.82) is 0 Å². The van der Waals surface area contributed by atoms with Crippen molar-refractivity contribution in [3.63, 3.8) is 0 Å². The van der Waals surface area contributed by atoms with Crippen LogP contribution in [-0.2, 0) is 9.47 Å². The highest BCUT2D eigenvalue weighted by Gasteiger charge is 2.39. The third kappa shape index (κ3) is 14.3. The van der Waals surface area contributed by atoms with Crippen LogP contribution in [0.2, 0.25) is 0 Å². The molecule has 0 aromatic carbocycles. The van der Waals surface area contributed by atoms with Crippen molar-refractivity contribution in [3.8, 4) is 0 Å². The summed E-state index contributed by atoms with van der Waals surface area (Å²) >= 11 is 0. The van der Waals surface area contributed by atoms with Crippen LogP contribution in [0.3, 0.4) is 0 Å². The van der Waals surface area contributed by atoms with Crippen molar-refractivity contribution in [2.75, 3.05) is 19.8 Å². The Morgan fingerprint density at radius 3 is 1.84 bits per heavy atom. The smallest absolute Gasteiger partial charge is 0.114 e. The summed E-state index contributed by atoms with van der Waals surface area (Å²) in [5.41, 5.74) is 0. The highest BCUT2D eigenvalue weighted by atomic mass is 16.6. The van der Waals surface area contributed by atoms with Gasteiger partial charge in [0.25, 0.3) is 0 Å². The second-order valence-electron chi connectivity index (χ2n) is 9.09. The van der Waals surface area contributed by atoms with Gasteiger partial charge in [-0.05, 0) is 32.1 Å². The van der Waals surface area contributed by atoms with Gasteiger partial charge in [0.1, 0.15) is 24.4 Å². The van der Waals surface area contributed by atoms with E-state index >= 15 is 0 Å². The zero-order chi connectivity index (χ0) is 22.6. The van der Waals surface area contributed by atoms with Gasteiger partial charge in [-0.25, -0.2) is 0 Å². The van der Waals surface area contributed by atoms with Crippen LogP contribution < -0.4 is 0 Å². The van der Waals surface area contributed by atoms with Crippen LogP contribution in [0.1, 0.15) is 110 Å². The van der Waals surface area contributed by atoms with Crippen molar-refractivity contribution >= 4 is 0 Å². The number of aliphatic hydroxyl groups is 3. The van der Waals surface area contributed by atoms with Gasteiger partial charge >= 0.3 is 0 Å². The Balaban J connectivity index is 1.85. The Morgan fingerprint density at radius 1 is 0.774 bits per heavy atom. The van der Waals surface area contributed by atoms with E-state index in [1.807, 2.05) is 0 Å². The number of hydrogen-bond donors (Lipinski definition) is 3. The van der Waals surface area contributed by atoms with Crippen LogP contribution in [0.4, 0.5) is 0 Å². The number of hydrogen-bond acceptors (Lipinski definition) is 5. The van der Waals surface area contributed by atoms with Crippen molar-refractivity contribution in [2.45, 2.75) is 134 Å². The SMILES string of the molecule is CCCCCCCCCCCCC/C=C/CCCCCO[C@@H]1[C@@H](O)[C@H](O)CO[C@H]1CO. The predicted octanol–water partition coefficient (Wildman–Crippen LogP) is 5.30. The molecule has 0 radical (unpaired) electrons. The molecule has 31 heavy (non-hydrogen) atoms. The average molecular weight is 443 g/mol. The molecular formula is C26H50O5. The van der Waals surface area contributed by atoms with Crippen LogP contribution in [0.15, 0.2) is 12.2 Å². The summed E-state index contributed by atoms with van der Waals surface area (Å²) in [7, 11) is 0. The normalized spacial score (nSPS) is 24.3. The van der Waals surface area contributed by atoms with Crippen LogP contribution in [0, 0.1) is 0 Å². The van der Waals surface area contributed by atoms with Crippen molar-refractivity contribution < 1.29 is 24.8 Å². The summed E-state index contributed by atoms with van der Waals surface area (Å²) in [6, 6.07) is 0. The monoisotopic (exact) mass is 442 g/mol. The summed E-state index contributed by atoms with van der Waals surface area (Å²) in [5, 5.41) is 29.0. The molecular weight excluding hydrogens is 392 g/mol. The summed E-state index contributed by atoms with van der Waals surface area (Å²) in [5.74, 6) is 0. The third-order valence-electron chi connectivity index (χ3n) is 6.22. The van der Waals surface area contributed by atoms with Gasteiger partial charge in [0.2, 0.25) is 0 Å². The molecule has 0 amide bonds. The van der Waals surface area contributed by atoms with Crippen LogP contribution >= 0.6 is 0 Å². The van der Waals surface area contributed by atoms with Gasteiger partial charge in [-0.2, -0.15) is 0 Å². The van der Waals surface area contributed by atoms with E-state index in [-0.39, 0.29) is 13.2 Å². The van der Waals surface area contributed by atoms with E-state index in [0.29, 0.717) is 6.61 Å². The lowest BCUT2D eigenvalue weighted by Crippen LogP contribution is -2.55. The molecule has 0 aromatic heterocycles. The minimum Gasteiger partial charge on any atom is -0.394 e. The zero-order valence-electron chi connectivity index (χ0n) is 20.1. The maximum absolute atomic E-state index is 10.0. The largest absolute Gasteiger partial charge is 0.394 e. The summed E-state index contributed by atoms with van der Waals surface area (Å²) < 4.78 is 11.0. The Kier molecular flexibility index (Phi) is 18.6. The van der Waals surface area contributed by atoms with Gasteiger partial charge in [-0.3, -0.25) is 0 Å². The highest BCUT2D eigenvalue weighted by molar-refractivity contribution is 4.87. The molecule has 5 heteroatoms. The first kappa shape index (κ1) is 28.6. The van der Waals surface area contributed by atoms with Crippen LogP contribution in [-0.4, -0.2) is 59.6 Å². The number of allylic oxidation sites excluding steroid dienone is 2. The lowest BCUT2D eigenvalue weighted by molar-refractivity contribution is -0.211. The fraction of sp³-hybridized carbons (Fsp3) is 0.923. The fourth-order valence-corrected chi connectivity index (χ4v) is 4.14. The number of aliphatic hydroxyl groups excluding tert-OH is 3. The molecule has 4 atom stereocenters. The average Bonchev–Trinajstić information content (AvgIpc) is 2.78. The molecule has 1 aliphatic heterocycles. The Labute approximate surface area is 191 Å². The Morgan fingerprint density at radius 2 is 1.29 bits per heavy atom. The molecule has 3 N–H and O–H groups in total. The molecule has 1 rings (SSSR count). The summed E-state index contributed by atoms with van der Waals surface area (Å²) in [6.45, 7) is 2.61. The lowest BCUT2D eigenvalue weighted by Gasteiger charge is -2.37. The van der Waals surface area contributed by atoms with Gasteiger partial charge in [0.05, 0.1) is 13.2 Å². The van der Waals surface area contributed by atoms with Gasteiger partial charge in [0, 0.05) is 6.61 Å². The molecule has 1 heterocycles. The van der Waals surface area contributed by atoms with E-state index in [2.05, 4.69) is 19.1 Å². The minimum atomic E-state index is -0.996. The van der Waals surface area contributed by atoms with Gasteiger partial charge < -0.3 is 24.8 Å². The van der Waals surface area contributed by atoms with Crippen LogP contribution in [0.25, 0.3) is 0 Å². The molecule has 0 saturated carbocycles. The number of rotatable bonds is 20. The van der Waals surface area contributed by atoms with E-state index in [1.165, 1.54) is 77.0 Å². The first-order valence-electron chi connectivity index (χ1n) is 13.1. The molecule has 0 aromatic rings. The van der Waals surface area contributed by atoms with Crippen LogP contribution in [0.5, 0.6) is 0 Å². The zero-order valence-corrected chi connectivity index (χ0v) is 20.1. The molecule has 0 unspecified atom stereocenters. The molecule has 0 aliphatic carbocycles. The third-order valence-corrected chi connectivity index (χ3v) is 6.22. The van der Waals surface area contributed by atoms with Gasteiger partial charge in [-0.1, -0.05) is 89.7 Å². The van der Waals surface area contributed by atoms with Crippen molar-refractivity contribution in [3.05, 3.63) is 12.2 Å². The maximum atomic E-state index is 10.0. The van der Waals surface area contributed by atoms with Crippen molar-refractivity contribution in [1.82, 2.24) is 0 Å². The Bertz CT molecular complexity index is 413. The Hall–Kier alpha value is -0.460. The molecule has 1 saturated heterocycles. The quantitative estimate of drug-likeness (QED) is 0.176. The van der Waals surface area contributed by atoms with E-state index in [1.54, 1.807) is 0 Å². The standard InChI is InChI=1S/C26H50O5/c1-2-3-4-5-6-7-8-9-10-11-12-13-14-15-16-17-18-19-20-30-26-24(21-27)31-22-23(28)25(26)29/h14-15,23-29H,2-13,16-22H2,1H3/b15-14+/t23-,24+,25+,26+/m1/s1. The summed E-state index contributed by atoms with van der Waals surface area (Å²) in [4.78, 5) is 0. The second kappa shape index (κ2) is 20.2. The molecule has 184 valence electrons. The minimum absolute atomic E-state index is 0.0395. The summed E-state index contributed by atoms with van der Waals surface area (Å²) in [6.07, 6.45) is 22.2. The maximum Gasteiger partial charge on any atom is 0.114 e. The number of unbranched alkanes of at least 4 members (excludes halogenated alkanes) is 14. The molecule has 5 nitrogen and oxygen atoms in total. The second-order valence-corrected chi connectivity index (χ2v) is 9.09. The highest BCUT2D eigenvalue weighted by Crippen LogP contribution is 2.19. The van der Waals surface area contributed by atoms with Gasteiger partial charge in [-0.15, -0.1) is 0 Å². The predicted molar refractivity (Wildman–Crippen MR) is 127 cm³/mol. The molecule has 0 spiro atoms. The molecule has 1 fully saturated rings. The number of ether oxygens (including phenoxy) is 2. The lowest BCUT2D eigenvalue weighted by atomic mass is 10.0. The topological polar surface area (TPSA) is 79.2 Å². The molecule has 0 bridgehead atoms. The van der Waals surface area contributed by atoms with E-state index in [9.17, 15) is 15.3 Å². The first-order valence-corrected chi connectivity index (χ1v) is 13.1. The first-order chi connectivity index (χ1) is 15.2. The van der Waals surface area contributed by atoms with Crippen molar-refractivity contribution in [2.24, 2.45) is 0 Å². The van der Waals surface area contributed by atoms with E-state index in [4.69, 9.17) is 9.47 Å².